The number of benzene rings is 1. The average molecular weight is 360 g/mol. The zero-order chi connectivity index (χ0) is 17.6. The molecule has 0 bridgehead atoms. The summed E-state index contributed by atoms with van der Waals surface area (Å²) in [6.07, 6.45) is 2.33. The largest absolute Gasteiger partial charge is 0.493 e. The van der Waals surface area contributed by atoms with Gasteiger partial charge in [-0.05, 0) is 30.4 Å². The zero-order valence-corrected chi connectivity index (χ0v) is 15.9. The van der Waals surface area contributed by atoms with E-state index in [0.717, 1.165) is 51.0 Å². The number of hydrogen-bond donors (Lipinski definition) is 0. The first kappa shape index (κ1) is 18.2. The first-order valence-corrected chi connectivity index (χ1v) is 10.3. The normalized spacial score (nSPS) is 26.1. The van der Waals surface area contributed by atoms with Gasteiger partial charge in [-0.1, -0.05) is 18.2 Å². The fourth-order valence-corrected chi connectivity index (χ4v) is 4.39. The molecular weight excluding hydrogens is 326 g/mol. The number of piperazine rings is 1. The van der Waals surface area contributed by atoms with Crippen LogP contribution in [0.1, 0.15) is 12.0 Å². The fraction of sp³-hybridized carbons (Fsp3) is 0.714. The van der Waals surface area contributed by atoms with Crippen LogP contribution in [0, 0.1) is 5.92 Å². The van der Waals surface area contributed by atoms with Gasteiger partial charge in [0.1, 0.15) is 5.75 Å². The minimum absolute atomic E-state index is 0.721. The van der Waals surface area contributed by atoms with Crippen molar-refractivity contribution in [2.75, 3.05) is 78.7 Å². The van der Waals surface area contributed by atoms with E-state index < -0.39 is 0 Å². The summed E-state index contributed by atoms with van der Waals surface area (Å²) in [6.45, 7) is 13.3. The smallest absolute Gasteiger partial charge is 0.122 e. The molecule has 2 fully saturated rings. The standard InChI is InChI=1S/C21H33N3O2/c1-2-4-21-20(3-1)17-19(5-14-26-21)18-24-10-8-22(9-11-24)6-7-23-12-15-25-16-13-23/h1-4,19H,5-18H2/t19-/m0/s1. The van der Waals surface area contributed by atoms with Crippen LogP contribution in [0.5, 0.6) is 5.75 Å². The second kappa shape index (κ2) is 9.18. The van der Waals surface area contributed by atoms with Gasteiger partial charge in [0.2, 0.25) is 0 Å². The Hall–Kier alpha value is -1.14. The molecule has 2 saturated heterocycles. The second-order valence-electron chi connectivity index (χ2n) is 7.91. The molecular formula is C21H33N3O2. The van der Waals surface area contributed by atoms with Gasteiger partial charge in [-0.15, -0.1) is 0 Å². The van der Waals surface area contributed by atoms with Crippen LogP contribution in [0.15, 0.2) is 24.3 Å². The van der Waals surface area contributed by atoms with Crippen molar-refractivity contribution >= 4 is 0 Å². The molecule has 3 heterocycles. The van der Waals surface area contributed by atoms with Crippen molar-refractivity contribution < 1.29 is 9.47 Å². The van der Waals surface area contributed by atoms with Crippen LogP contribution in [0.4, 0.5) is 0 Å². The van der Waals surface area contributed by atoms with Gasteiger partial charge in [0.15, 0.2) is 0 Å². The van der Waals surface area contributed by atoms with Gasteiger partial charge >= 0.3 is 0 Å². The first-order chi connectivity index (χ1) is 12.9. The Bertz CT molecular complexity index is 554. The van der Waals surface area contributed by atoms with Crippen LogP contribution >= 0.6 is 0 Å². The van der Waals surface area contributed by atoms with Gasteiger partial charge in [0.25, 0.3) is 0 Å². The van der Waals surface area contributed by atoms with Crippen LogP contribution in [-0.4, -0.2) is 93.4 Å². The summed E-state index contributed by atoms with van der Waals surface area (Å²) >= 11 is 0. The van der Waals surface area contributed by atoms with Crippen LogP contribution in [0.2, 0.25) is 0 Å². The van der Waals surface area contributed by atoms with E-state index in [0.29, 0.717) is 0 Å². The maximum Gasteiger partial charge on any atom is 0.122 e. The number of fused-ring (bicyclic) bond motifs is 1. The molecule has 144 valence electrons. The molecule has 0 aromatic heterocycles. The molecule has 0 N–H and O–H groups in total. The highest BCUT2D eigenvalue weighted by Gasteiger charge is 2.23. The van der Waals surface area contributed by atoms with Gasteiger partial charge in [0, 0.05) is 58.9 Å². The summed E-state index contributed by atoms with van der Waals surface area (Å²) in [5.41, 5.74) is 1.39. The number of rotatable bonds is 5. The number of ether oxygens (including phenoxy) is 2. The molecule has 0 aliphatic carbocycles. The molecule has 0 unspecified atom stereocenters. The van der Waals surface area contributed by atoms with Crippen molar-refractivity contribution in [1.82, 2.24) is 14.7 Å². The summed E-state index contributed by atoms with van der Waals surface area (Å²) < 4.78 is 11.4. The molecule has 4 rings (SSSR count). The minimum atomic E-state index is 0.721. The summed E-state index contributed by atoms with van der Waals surface area (Å²) in [7, 11) is 0. The average Bonchev–Trinajstić information content (AvgIpc) is 2.90. The van der Waals surface area contributed by atoms with E-state index in [4.69, 9.17) is 9.47 Å². The van der Waals surface area contributed by atoms with Crippen LogP contribution in [-0.2, 0) is 11.2 Å². The van der Waals surface area contributed by atoms with E-state index in [9.17, 15) is 0 Å². The topological polar surface area (TPSA) is 28.2 Å². The predicted molar refractivity (Wildman–Crippen MR) is 104 cm³/mol. The Balaban J connectivity index is 1.19. The number of hydrogen-bond acceptors (Lipinski definition) is 5. The van der Waals surface area contributed by atoms with Gasteiger partial charge in [-0.2, -0.15) is 0 Å². The molecule has 0 radical (unpaired) electrons. The van der Waals surface area contributed by atoms with Crippen LogP contribution in [0.3, 0.4) is 0 Å². The van der Waals surface area contributed by atoms with Crippen molar-refractivity contribution in [2.45, 2.75) is 12.8 Å². The second-order valence-corrected chi connectivity index (χ2v) is 7.91. The van der Waals surface area contributed by atoms with E-state index in [1.54, 1.807) is 0 Å². The third kappa shape index (κ3) is 4.97. The first-order valence-electron chi connectivity index (χ1n) is 10.3. The van der Waals surface area contributed by atoms with Crippen molar-refractivity contribution in [3.63, 3.8) is 0 Å². The highest BCUT2D eigenvalue weighted by Crippen LogP contribution is 2.27. The van der Waals surface area contributed by atoms with Crippen LogP contribution < -0.4 is 4.74 Å². The highest BCUT2D eigenvalue weighted by molar-refractivity contribution is 5.34. The molecule has 0 saturated carbocycles. The van der Waals surface area contributed by atoms with Gasteiger partial charge in [-0.25, -0.2) is 0 Å². The van der Waals surface area contributed by atoms with Crippen molar-refractivity contribution in [3.8, 4) is 5.75 Å². The maximum atomic E-state index is 5.93. The van der Waals surface area contributed by atoms with Crippen molar-refractivity contribution in [1.29, 1.82) is 0 Å². The molecule has 3 aliphatic heterocycles. The maximum absolute atomic E-state index is 5.93. The van der Waals surface area contributed by atoms with Crippen LogP contribution in [0.25, 0.3) is 0 Å². The molecule has 1 aromatic rings. The lowest BCUT2D eigenvalue weighted by Crippen LogP contribution is -2.50. The molecule has 26 heavy (non-hydrogen) atoms. The molecule has 0 spiro atoms. The van der Waals surface area contributed by atoms with E-state index in [1.807, 2.05) is 0 Å². The molecule has 5 heteroatoms. The van der Waals surface area contributed by atoms with Gasteiger partial charge in [-0.3, -0.25) is 9.80 Å². The van der Waals surface area contributed by atoms with Gasteiger partial charge in [0.05, 0.1) is 19.8 Å². The van der Waals surface area contributed by atoms with Crippen molar-refractivity contribution in [3.05, 3.63) is 29.8 Å². The predicted octanol–water partition coefficient (Wildman–Crippen LogP) is 1.58. The monoisotopic (exact) mass is 359 g/mol. The Morgan fingerprint density at radius 2 is 1.50 bits per heavy atom. The highest BCUT2D eigenvalue weighted by atomic mass is 16.5. The Labute approximate surface area is 157 Å². The summed E-state index contributed by atoms with van der Waals surface area (Å²) in [5.74, 6) is 1.82. The lowest BCUT2D eigenvalue weighted by molar-refractivity contribution is 0.0293. The Morgan fingerprint density at radius 1 is 0.808 bits per heavy atom. The van der Waals surface area contributed by atoms with E-state index in [1.165, 1.54) is 57.8 Å². The zero-order valence-electron chi connectivity index (χ0n) is 15.9. The molecule has 1 aromatic carbocycles. The van der Waals surface area contributed by atoms with Crippen molar-refractivity contribution in [2.24, 2.45) is 5.92 Å². The minimum Gasteiger partial charge on any atom is -0.493 e. The summed E-state index contributed by atoms with van der Waals surface area (Å²) in [4.78, 5) is 7.85. The fourth-order valence-electron chi connectivity index (χ4n) is 4.39. The quantitative estimate of drug-likeness (QED) is 0.796. The summed E-state index contributed by atoms with van der Waals surface area (Å²) in [6, 6.07) is 8.56. The number of morpholine rings is 1. The molecule has 1 atom stereocenters. The third-order valence-electron chi connectivity index (χ3n) is 6.08. The Morgan fingerprint density at radius 3 is 2.31 bits per heavy atom. The summed E-state index contributed by atoms with van der Waals surface area (Å²) in [5, 5.41) is 0. The third-order valence-corrected chi connectivity index (χ3v) is 6.08. The lowest BCUT2D eigenvalue weighted by atomic mass is 9.96. The number of para-hydroxylation sites is 1. The molecule has 3 aliphatic rings. The van der Waals surface area contributed by atoms with E-state index >= 15 is 0 Å². The number of nitrogens with zero attached hydrogens (tertiary/aromatic N) is 3. The molecule has 5 nitrogen and oxygen atoms in total. The molecule has 0 amide bonds. The van der Waals surface area contributed by atoms with E-state index in [-0.39, 0.29) is 0 Å². The Kier molecular flexibility index (Phi) is 6.44. The van der Waals surface area contributed by atoms with E-state index in [2.05, 4.69) is 39.0 Å². The van der Waals surface area contributed by atoms with Gasteiger partial charge < -0.3 is 14.4 Å². The SMILES string of the molecule is c1ccc2c(c1)C[C@@H](CN1CCN(CCN3CCOCC3)CC1)CCO2. The lowest BCUT2D eigenvalue weighted by Gasteiger charge is -2.37.